The third-order valence-electron chi connectivity index (χ3n) is 2.59. The highest BCUT2D eigenvalue weighted by atomic mass is 15.2. The van der Waals surface area contributed by atoms with Crippen LogP contribution in [0.3, 0.4) is 0 Å². The number of pyridine rings is 1. The average Bonchev–Trinajstić information content (AvgIpc) is 2.25. The molecule has 0 bridgehead atoms. The Labute approximate surface area is 98.7 Å². The summed E-state index contributed by atoms with van der Waals surface area (Å²) in [4.78, 5) is 6.76. The highest BCUT2D eigenvalue weighted by molar-refractivity contribution is 5.39. The summed E-state index contributed by atoms with van der Waals surface area (Å²) in [7, 11) is 0. The lowest BCUT2D eigenvalue weighted by Crippen LogP contribution is -2.28. The Morgan fingerprint density at radius 2 is 2.00 bits per heavy atom. The van der Waals surface area contributed by atoms with Gasteiger partial charge in [0.25, 0.3) is 0 Å². The van der Waals surface area contributed by atoms with Gasteiger partial charge in [-0.25, -0.2) is 4.98 Å². The molecule has 1 heterocycles. The zero-order valence-electron chi connectivity index (χ0n) is 10.8. The molecule has 0 amide bonds. The topological polar surface area (TPSA) is 42.1 Å². The van der Waals surface area contributed by atoms with Crippen molar-refractivity contribution in [3.8, 4) is 0 Å². The van der Waals surface area contributed by atoms with E-state index in [1.54, 1.807) is 0 Å². The second kappa shape index (κ2) is 5.85. The molecule has 0 radical (unpaired) electrons. The standard InChI is InChI=1S/C13H23N3/c1-5-16(9-10(2)3)13-7-6-12(8-15-13)11(4)14/h6-8,10-11H,5,9,14H2,1-4H3/t11-/m1/s1. The van der Waals surface area contributed by atoms with Crippen LogP contribution in [0.1, 0.15) is 39.3 Å². The van der Waals surface area contributed by atoms with E-state index in [4.69, 9.17) is 5.73 Å². The number of nitrogens with zero attached hydrogens (tertiary/aromatic N) is 2. The lowest BCUT2D eigenvalue weighted by Gasteiger charge is -2.24. The number of nitrogens with two attached hydrogens (primary N) is 1. The number of hydrogen-bond donors (Lipinski definition) is 1. The Balaban J connectivity index is 2.78. The van der Waals surface area contributed by atoms with Gasteiger partial charge in [-0.2, -0.15) is 0 Å². The molecule has 2 N–H and O–H groups in total. The average molecular weight is 221 g/mol. The Bertz CT molecular complexity index is 303. The molecule has 3 nitrogen and oxygen atoms in total. The number of anilines is 1. The molecule has 0 saturated carbocycles. The lowest BCUT2D eigenvalue weighted by atomic mass is 10.1. The summed E-state index contributed by atoms with van der Waals surface area (Å²) in [5.41, 5.74) is 6.89. The fourth-order valence-corrected chi connectivity index (χ4v) is 1.68. The largest absolute Gasteiger partial charge is 0.357 e. The van der Waals surface area contributed by atoms with Gasteiger partial charge in [0.2, 0.25) is 0 Å². The van der Waals surface area contributed by atoms with Gasteiger partial charge in [0, 0.05) is 25.3 Å². The Morgan fingerprint density at radius 1 is 1.31 bits per heavy atom. The number of aromatic nitrogens is 1. The first-order chi connectivity index (χ1) is 7.54. The second-order valence-electron chi connectivity index (χ2n) is 4.67. The highest BCUT2D eigenvalue weighted by Crippen LogP contribution is 2.15. The van der Waals surface area contributed by atoms with E-state index in [1.165, 1.54) is 0 Å². The monoisotopic (exact) mass is 221 g/mol. The van der Waals surface area contributed by atoms with Gasteiger partial charge in [0.1, 0.15) is 5.82 Å². The van der Waals surface area contributed by atoms with E-state index in [2.05, 4.69) is 42.8 Å². The summed E-state index contributed by atoms with van der Waals surface area (Å²) >= 11 is 0. The van der Waals surface area contributed by atoms with Crippen LogP contribution in [-0.4, -0.2) is 18.1 Å². The minimum absolute atomic E-state index is 0.0572. The van der Waals surface area contributed by atoms with Gasteiger partial charge < -0.3 is 10.6 Å². The van der Waals surface area contributed by atoms with Gasteiger partial charge in [-0.15, -0.1) is 0 Å². The maximum atomic E-state index is 5.80. The molecule has 0 aliphatic carbocycles. The summed E-state index contributed by atoms with van der Waals surface area (Å²) in [6, 6.07) is 4.18. The van der Waals surface area contributed by atoms with Crippen LogP contribution in [0, 0.1) is 5.92 Å². The molecule has 0 unspecified atom stereocenters. The van der Waals surface area contributed by atoms with E-state index in [1.807, 2.05) is 13.1 Å². The van der Waals surface area contributed by atoms with Crippen LogP contribution in [0.2, 0.25) is 0 Å². The van der Waals surface area contributed by atoms with Crippen LogP contribution in [0.4, 0.5) is 5.82 Å². The van der Waals surface area contributed by atoms with Gasteiger partial charge in [0.15, 0.2) is 0 Å². The van der Waals surface area contributed by atoms with Gasteiger partial charge in [-0.3, -0.25) is 0 Å². The van der Waals surface area contributed by atoms with Gasteiger partial charge >= 0.3 is 0 Å². The molecular formula is C13H23N3. The van der Waals surface area contributed by atoms with Crippen molar-refractivity contribution < 1.29 is 0 Å². The molecule has 90 valence electrons. The molecule has 0 saturated heterocycles. The summed E-state index contributed by atoms with van der Waals surface area (Å²) in [5.74, 6) is 1.69. The van der Waals surface area contributed by atoms with E-state index in [0.717, 1.165) is 24.5 Å². The molecular weight excluding hydrogens is 198 g/mol. The molecule has 0 aliphatic heterocycles. The van der Waals surface area contributed by atoms with Crippen molar-refractivity contribution in [3.05, 3.63) is 23.9 Å². The fourth-order valence-electron chi connectivity index (χ4n) is 1.68. The quantitative estimate of drug-likeness (QED) is 0.831. The van der Waals surface area contributed by atoms with Crippen molar-refractivity contribution >= 4 is 5.82 Å². The second-order valence-corrected chi connectivity index (χ2v) is 4.67. The number of hydrogen-bond acceptors (Lipinski definition) is 3. The van der Waals surface area contributed by atoms with E-state index >= 15 is 0 Å². The molecule has 1 aromatic heterocycles. The SMILES string of the molecule is CCN(CC(C)C)c1ccc([C@@H](C)N)cn1. The van der Waals surface area contributed by atoms with Crippen LogP contribution in [0.5, 0.6) is 0 Å². The minimum Gasteiger partial charge on any atom is -0.357 e. The van der Waals surface area contributed by atoms with Gasteiger partial charge in [0.05, 0.1) is 0 Å². The van der Waals surface area contributed by atoms with Gasteiger partial charge in [-0.05, 0) is 31.4 Å². The molecule has 1 atom stereocenters. The molecule has 3 heteroatoms. The van der Waals surface area contributed by atoms with Crippen LogP contribution in [0.25, 0.3) is 0 Å². The molecule has 0 aromatic carbocycles. The van der Waals surface area contributed by atoms with Crippen molar-refractivity contribution in [1.82, 2.24) is 4.98 Å². The fraction of sp³-hybridized carbons (Fsp3) is 0.615. The Kier molecular flexibility index (Phi) is 4.74. The maximum Gasteiger partial charge on any atom is 0.128 e. The maximum absolute atomic E-state index is 5.80. The van der Waals surface area contributed by atoms with Crippen molar-refractivity contribution in [2.75, 3.05) is 18.0 Å². The number of rotatable bonds is 5. The molecule has 1 aromatic rings. The summed E-state index contributed by atoms with van der Waals surface area (Å²) < 4.78 is 0. The van der Waals surface area contributed by atoms with E-state index in [0.29, 0.717) is 5.92 Å². The van der Waals surface area contributed by atoms with E-state index in [9.17, 15) is 0 Å². The first-order valence-corrected chi connectivity index (χ1v) is 6.01. The summed E-state index contributed by atoms with van der Waals surface area (Å²) in [6.45, 7) is 10.6. The lowest BCUT2D eigenvalue weighted by molar-refractivity contribution is 0.614. The van der Waals surface area contributed by atoms with Crippen molar-refractivity contribution in [2.24, 2.45) is 11.7 Å². The van der Waals surface area contributed by atoms with E-state index in [-0.39, 0.29) is 6.04 Å². The third-order valence-corrected chi connectivity index (χ3v) is 2.59. The van der Waals surface area contributed by atoms with Crippen molar-refractivity contribution in [3.63, 3.8) is 0 Å². The zero-order chi connectivity index (χ0) is 12.1. The zero-order valence-corrected chi connectivity index (χ0v) is 10.8. The molecule has 16 heavy (non-hydrogen) atoms. The van der Waals surface area contributed by atoms with Crippen LogP contribution >= 0.6 is 0 Å². The predicted molar refractivity (Wildman–Crippen MR) is 69.6 cm³/mol. The van der Waals surface area contributed by atoms with Crippen LogP contribution in [0.15, 0.2) is 18.3 Å². The third kappa shape index (κ3) is 3.49. The van der Waals surface area contributed by atoms with Crippen LogP contribution in [-0.2, 0) is 0 Å². The smallest absolute Gasteiger partial charge is 0.128 e. The van der Waals surface area contributed by atoms with Crippen molar-refractivity contribution in [2.45, 2.75) is 33.7 Å². The first-order valence-electron chi connectivity index (χ1n) is 6.01. The van der Waals surface area contributed by atoms with Crippen molar-refractivity contribution in [1.29, 1.82) is 0 Å². The van der Waals surface area contributed by atoms with Gasteiger partial charge in [-0.1, -0.05) is 19.9 Å². The first kappa shape index (κ1) is 13.0. The summed E-state index contributed by atoms with van der Waals surface area (Å²) in [6.07, 6.45) is 1.88. The normalized spacial score (nSPS) is 12.9. The molecule has 0 fully saturated rings. The molecule has 0 spiro atoms. The predicted octanol–water partition coefficient (Wildman–Crippen LogP) is 2.58. The van der Waals surface area contributed by atoms with Crippen LogP contribution < -0.4 is 10.6 Å². The molecule has 1 rings (SSSR count). The Morgan fingerprint density at radius 3 is 2.38 bits per heavy atom. The Hall–Kier alpha value is -1.09. The molecule has 0 aliphatic rings. The van der Waals surface area contributed by atoms with E-state index < -0.39 is 0 Å². The minimum atomic E-state index is 0.0572. The summed E-state index contributed by atoms with van der Waals surface area (Å²) in [5, 5.41) is 0. The highest BCUT2D eigenvalue weighted by Gasteiger charge is 2.08.